The zero-order valence-corrected chi connectivity index (χ0v) is 14.8. The fourth-order valence-electron chi connectivity index (χ4n) is 2.42. The van der Waals surface area contributed by atoms with Crippen molar-refractivity contribution in [3.63, 3.8) is 0 Å². The van der Waals surface area contributed by atoms with E-state index in [-0.39, 0.29) is 24.7 Å². The maximum Gasteiger partial charge on any atom is 0.331 e. The monoisotopic (exact) mass is 381 g/mol. The Bertz CT molecular complexity index is 592. The van der Waals surface area contributed by atoms with Crippen LogP contribution in [0.5, 0.6) is 0 Å². The Balaban J connectivity index is 1.82. The van der Waals surface area contributed by atoms with E-state index in [4.69, 9.17) is 9.47 Å². The van der Waals surface area contributed by atoms with E-state index in [1.54, 1.807) is 11.0 Å². The largest absolute Gasteiger partial charge is 0.452 e. The zero-order valence-electron chi connectivity index (χ0n) is 13.2. The van der Waals surface area contributed by atoms with Gasteiger partial charge in [0.2, 0.25) is 0 Å². The molecule has 1 saturated heterocycles. The molecule has 1 amide bonds. The molecule has 23 heavy (non-hydrogen) atoms. The number of esters is 1. The van der Waals surface area contributed by atoms with Gasteiger partial charge < -0.3 is 14.4 Å². The summed E-state index contributed by atoms with van der Waals surface area (Å²) in [5.41, 5.74) is 0.867. The van der Waals surface area contributed by atoms with Crippen LogP contribution in [0.25, 0.3) is 6.08 Å². The summed E-state index contributed by atoms with van der Waals surface area (Å²) in [5.74, 6) is -0.738. The second kappa shape index (κ2) is 8.26. The summed E-state index contributed by atoms with van der Waals surface area (Å²) in [6.45, 7) is 4.63. The number of benzene rings is 1. The second-order valence-electron chi connectivity index (χ2n) is 5.52. The van der Waals surface area contributed by atoms with Crippen molar-refractivity contribution in [3.8, 4) is 0 Å². The highest BCUT2D eigenvalue weighted by atomic mass is 79.9. The number of rotatable bonds is 4. The first-order valence-corrected chi connectivity index (χ1v) is 8.27. The average Bonchev–Trinajstić information content (AvgIpc) is 2.51. The molecular formula is C17H20BrNO4. The smallest absolute Gasteiger partial charge is 0.331 e. The van der Waals surface area contributed by atoms with Gasteiger partial charge in [0.05, 0.1) is 12.2 Å². The molecule has 2 rings (SSSR count). The molecule has 124 valence electrons. The van der Waals surface area contributed by atoms with E-state index in [0.29, 0.717) is 13.1 Å². The van der Waals surface area contributed by atoms with E-state index >= 15 is 0 Å². The minimum absolute atomic E-state index is 0.00581. The average molecular weight is 382 g/mol. The van der Waals surface area contributed by atoms with E-state index in [0.717, 1.165) is 10.0 Å². The van der Waals surface area contributed by atoms with Gasteiger partial charge in [-0.05, 0) is 31.6 Å². The Morgan fingerprint density at radius 1 is 1.30 bits per heavy atom. The van der Waals surface area contributed by atoms with Crippen LogP contribution in [0.15, 0.2) is 34.8 Å². The van der Waals surface area contributed by atoms with Gasteiger partial charge in [-0.3, -0.25) is 4.79 Å². The predicted molar refractivity (Wildman–Crippen MR) is 90.7 cm³/mol. The summed E-state index contributed by atoms with van der Waals surface area (Å²) < 4.78 is 11.5. The molecule has 1 aliphatic heterocycles. The molecule has 5 nitrogen and oxygen atoms in total. The molecule has 0 radical (unpaired) electrons. The van der Waals surface area contributed by atoms with Crippen molar-refractivity contribution in [3.05, 3.63) is 40.4 Å². The van der Waals surface area contributed by atoms with Gasteiger partial charge in [-0.2, -0.15) is 0 Å². The first kappa shape index (κ1) is 17.7. The molecule has 0 unspecified atom stereocenters. The zero-order chi connectivity index (χ0) is 16.8. The molecule has 1 heterocycles. The number of ether oxygens (including phenoxy) is 2. The molecule has 0 aliphatic carbocycles. The second-order valence-corrected chi connectivity index (χ2v) is 6.37. The third-order valence-corrected chi connectivity index (χ3v) is 4.14. The van der Waals surface area contributed by atoms with Crippen LogP contribution in [0.1, 0.15) is 19.4 Å². The van der Waals surface area contributed by atoms with Gasteiger partial charge in [0.1, 0.15) is 0 Å². The molecule has 2 atom stereocenters. The van der Waals surface area contributed by atoms with Gasteiger partial charge >= 0.3 is 5.97 Å². The number of nitrogens with zero attached hydrogens (tertiary/aromatic N) is 1. The Hall–Kier alpha value is -1.66. The van der Waals surface area contributed by atoms with Crippen molar-refractivity contribution >= 4 is 33.9 Å². The van der Waals surface area contributed by atoms with Crippen molar-refractivity contribution in [2.45, 2.75) is 26.1 Å². The number of morpholine rings is 1. The minimum Gasteiger partial charge on any atom is -0.452 e. The molecule has 0 bridgehead atoms. The quantitative estimate of drug-likeness (QED) is 0.594. The topological polar surface area (TPSA) is 55.8 Å². The van der Waals surface area contributed by atoms with E-state index in [2.05, 4.69) is 15.9 Å². The van der Waals surface area contributed by atoms with Gasteiger partial charge in [-0.15, -0.1) is 0 Å². The van der Waals surface area contributed by atoms with Gasteiger partial charge in [-0.25, -0.2) is 4.79 Å². The van der Waals surface area contributed by atoms with Crippen molar-refractivity contribution in [2.24, 2.45) is 0 Å². The Kier molecular flexibility index (Phi) is 6.36. The molecule has 0 saturated carbocycles. The highest BCUT2D eigenvalue weighted by Gasteiger charge is 2.26. The van der Waals surface area contributed by atoms with Gasteiger partial charge in [0.25, 0.3) is 5.91 Å². The molecule has 0 N–H and O–H groups in total. The first-order chi connectivity index (χ1) is 11.0. The first-order valence-electron chi connectivity index (χ1n) is 7.48. The highest BCUT2D eigenvalue weighted by molar-refractivity contribution is 9.10. The predicted octanol–water partition coefficient (Wildman–Crippen LogP) is 2.64. The third kappa shape index (κ3) is 5.48. The lowest BCUT2D eigenvalue weighted by Gasteiger charge is -2.35. The van der Waals surface area contributed by atoms with Crippen LogP contribution in [-0.4, -0.2) is 48.7 Å². The maximum atomic E-state index is 12.1. The number of halogens is 1. The van der Waals surface area contributed by atoms with Gasteiger partial charge in [0.15, 0.2) is 6.61 Å². The van der Waals surface area contributed by atoms with E-state index in [1.165, 1.54) is 6.08 Å². The van der Waals surface area contributed by atoms with Crippen molar-refractivity contribution in [1.82, 2.24) is 4.90 Å². The normalized spacial score (nSPS) is 21.4. The van der Waals surface area contributed by atoms with Crippen molar-refractivity contribution in [2.75, 3.05) is 19.7 Å². The van der Waals surface area contributed by atoms with E-state index in [9.17, 15) is 9.59 Å². The number of hydrogen-bond donors (Lipinski definition) is 0. The molecule has 6 heteroatoms. The van der Waals surface area contributed by atoms with Crippen molar-refractivity contribution < 1.29 is 19.1 Å². The number of amides is 1. The molecule has 1 fully saturated rings. The summed E-state index contributed by atoms with van der Waals surface area (Å²) in [6.07, 6.45) is 2.95. The fourth-order valence-corrected chi connectivity index (χ4v) is 2.84. The van der Waals surface area contributed by atoms with E-state index in [1.807, 2.05) is 38.1 Å². The van der Waals surface area contributed by atoms with Crippen LogP contribution in [0.3, 0.4) is 0 Å². The number of carbonyl (C=O) groups excluding carboxylic acids is 2. The molecule has 0 spiro atoms. The summed E-state index contributed by atoms with van der Waals surface area (Å²) in [4.78, 5) is 25.5. The summed E-state index contributed by atoms with van der Waals surface area (Å²) in [7, 11) is 0. The number of hydrogen-bond acceptors (Lipinski definition) is 4. The van der Waals surface area contributed by atoms with Crippen LogP contribution in [0.2, 0.25) is 0 Å². The fraction of sp³-hybridized carbons (Fsp3) is 0.412. The van der Waals surface area contributed by atoms with Crippen LogP contribution in [0.4, 0.5) is 0 Å². The summed E-state index contributed by atoms with van der Waals surface area (Å²) in [6, 6.07) is 7.52. The SMILES string of the molecule is C[C@@H]1CN(C(=O)COC(=O)/C=C/c2ccccc2Br)C[C@@H](C)O1. The lowest BCUT2D eigenvalue weighted by molar-refractivity contribution is -0.154. The maximum absolute atomic E-state index is 12.1. The molecule has 1 aromatic carbocycles. The van der Waals surface area contributed by atoms with Gasteiger partial charge in [0, 0.05) is 23.6 Å². The summed E-state index contributed by atoms with van der Waals surface area (Å²) >= 11 is 3.40. The van der Waals surface area contributed by atoms with E-state index < -0.39 is 5.97 Å². The Labute approximate surface area is 144 Å². The lowest BCUT2D eigenvalue weighted by atomic mass is 10.2. The van der Waals surface area contributed by atoms with Crippen LogP contribution < -0.4 is 0 Å². The lowest BCUT2D eigenvalue weighted by Crippen LogP contribution is -2.49. The Morgan fingerprint density at radius 2 is 1.96 bits per heavy atom. The Morgan fingerprint density at radius 3 is 2.61 bits per heavy atom. The number of carbonyl (C=O) groups is 2. The third-order valence-electron chi connectivity index (χ3n) is 3.41. The standard InChI is InChI=1S/C17H20BrNO4/c1-12-9-19(10-13(2)23-12)16(20)11-22-17(21)8-7-14-5-3-4-6-15(14)18/h3-8,12-13H,9-11H2,1-2H3/b8-7+/t12-,13-/m1/s1. The summed E-state index contributed by atoms with van der Waals surface area (Å²) in [5, 5.41) is 0. The van der Waals surface area contributed by atoms with Crippen molar-refractivity contribution in [1.29, 1.82) is 0 Å². The highest BCUT2D eigenvalue weighted by Crippen LogP contribution is 2.17. The van der Waals surface area contributed by atoms with Crippen LogP contribution >= 0.6 is 15.9 Å². The molecule has 1 aliphatic rings. The van der Waals surface area contributed by atoms with Crippen LogP contribution in [0, 0.1) is 0 Å². The van der Waals surface area contributed by atoms with Crippen LogP contribution in [-0.2, 0) is 19.1 Å². The minimum atomic E-state index is -0.538. The molecular weight excluding hydrogens is 362 g/mol. The molecule has 1 aromatic rings. The van der Waals surface area contributed by atoms with Gasteiger partial charge in [-0.1, -0.05) is 34.1 Å². The molecule has 0 aromatic heterocycles.